The summed E-state index contributed by atoms with van der Waals surface area (Å²) in [4.78, 5) is 31.8. The molecule has 11 heteroatoms. The number of carbonyl (C=O) groups excluding carboxylic acids is 1. The number of hydrogen-bond acceptors (Lipinski definition) is 7. The monoisotopic (exact) mass is 628 g/mol. The van der Waals surface area contributed by atoms with Crippen molar-refractivity contribution in [1.29, 1.82) is 0 Å². The van der Waals surface area contributed by atoms with Gasteiger partial charge in [0.25, 0.3) is 5.56 Å². The van der Waals surface area contributed by atoms with Crippen LogP contribution in [0.5, 0.6) is 11.5 Å². The quantitative estimate of drug-likeness (QED) is 0.236. The highest BCUT2D eigenvalue weighted by atomic mass is 35.5. The van der Waals surface area contributed by atoms with Crippen LogP contribution >= 0.6 is 46.1 Å². The number of thiazole rings is 1. The van der Waals surface area contributed by atoms with Gasteiger partial charge in [0, 0.05) is 10.6 Å². The van der Waals surface area contributed by atoms with Gasteiger partial charge in [0.1, 0.15) is 24.1 Å². The third-order valence-corrected chi connectivity index (χ3v) is 8.42. The van der Waals surface area contributed by atoms with Crippen LogP contribution < -0.4 is 24.4 Å². The second-order valence-corrected chi connectivity index (χ2v) is 11.3. The van der Waals surface area contributed by atoms with E-state index in [4.69, 9.17) is 49.0 Å². The molecule has 1 aliphatic rings. The SMILES string of the molecule is COC(=O)C1=C(C)N=c2s/c(=C\c3cccc(OCc4ccc(Cl)c(Cl)c4)c3)c(=O)n2[C@H]1c1cc(Cl)ccc1OC. The number of esters is 1. The van der Waals surface area contributed by atoms with Crippen molar-refractivity contribution in [1.82, 2.24) is 4.57 Å². The standard InChI is InChI=1S/C30H23Cl3N2O5S/c1-16-26(29(37)39-3)27(21-14-19(31)8-10-24(21)38-2)35-28(36)25(41-30(35)34-16)13-17-5-4-6-20(11-17)40-15-18-7-9-22(32)23(33)12-18/h4-14,27H,15H2,1-3H3/b25-13-/t27-/m0/s1. The Morgan fingerprint density at radius 2 is 1.85 bits per heavy atom. The van der Waals surface area contributed by atoms with Gasteiger partial charge in [-0.1, -0.05) is 64.3 Å². The number of nitrogens with zero attached hydrogens (tertiary/aromatic N) is 2. The molecule has 2 heterocycles. The second kappa shape index (κ2) is 12.1. The first-order chi connectivity index (χ1) is 19.7. The van der Waals surface area contributed by atoms with E-state index in [1.54, 1.807) is 43.3 Å². The van der Waals surface area contributed by atoms with Crippen molar-refractivity contribution in [3.05, 3.63) is 123 Å². The van der Waals surface area contributed by atoms with Crippen molar-refractivity contribution in [2.24, 2.45) is 4.99 Å². The summed E-state index contributed by atoms with van der Waals surface area (Å²) in [6, 6.07) is 16.9. The molecule has 0 radical (unpaired) electrons. The van der Waals surface area contributed by atoms with Crippen LogP contribution in [0.25, 0.3) is 6.08 Å². The van der Waals surface area contributed by atoms with Gasteiger partial charge in [0.2, 0.25) is 0 Å². The van der Waals surface area contributed by atoms with E-state index in [2.05, 4.69) is 4.99 Å². The fourth-order valence-electron chi connectivity index (χ4n) is 4.55. The lowest BCUT2D eigenvalue weighted by atomic mass is 9.95. The van der Waals surface area contributed by atoms with Crippen molar-refractivity contribution in [2.75, 3.05) is 14.2 Å². The zero-order chi connectivity index (χ0) is 29.3. The molecule has 1 atom stereocenters. The lowest BCUT2D eigenvalue weighted by molar-refractivity contribution is -0.136. The Bertz CT molecular complexity index is 1880. The summed E-state index contributed by atoms with van der Waals surface area (Å²) in [5, 5.41) is 1.36. The Morgan fingerprint density at radius 3 is 2.59 bits per heavy atom. The van der Waals surface area contributed by atoms with Gasteiger partial charge < -0.3 is 14.2 Å². The average molecular weight is 630 g/mol. The van der Waals surface area contributed by atoms with E-state index in [1.807, 2.05) is 30.3 Å². The average Bonchev–Trinajstić information content (AvgIpc) is 3.26. The Hall–Kier alpha value is -3.56. The van der Waals surface area contributed by atoms with Crippen LogP contribution in [0.1, 0.15) is 29.7 Å². The van der Waals surface area contributed by atoms with Crippen LogP contribution in [0.4, 0.5) is 0 Å². The minimum atomic E-state index is -0.852. The molecule has 41 heavy (non-hydrogen) atoms. The predicted molar refractivity (Wildman–Crippen MR) is 161 cm³/mol. The molecule has 210 valence electrons. The number of halogens is 3. The minimum absolute atomic E-state index is 0.227. The molecule has 4 aromatic rings. The van der Waals surface area contributed by atoms with E-state index >= 15 is 0 Å². The van der Waals surface area contributed by atoms with Gasteiger partial charge in [-0.2, -0.15) is 0 Å². The predicted octanol–water partition coefficient (Wildman–Crippen LogP) is 5.96. The highest BCUT2D eigenvalue weighted by Gasteiger charge is 2.35. The Morgan fingerprint density at radius 1 is 1.05 bits per heavy atom. The van der Waals surface area contributed by atoms with E-state index in [9.17, 15) is 9.59 Å². The lowest BCUT2D eigenvalue weighted by Crippen LogP contribution is -2.40. The van der Waals surface area contributed by atoms with Gasteiger partial charge in [-0.15, -0.1) is 0 Å². The number of rotatable bonds is 7. The normalized spacial score (nSPS) is 14.9. The lowest BCUT2D eigenvalue weighted by Gasteiger charge is -2.25. The summed E-state index contributed by atoms with van der Waals surface area (Å²) < 4.78 is 18.5. The third kappa shape index (κ3) is 5.92. The van der Waals surface area contributed by atoms with E-state index in [1.165, 1.54) is 30.1 Å². The molecular weight excluding hydrogens is 607 g/mol. The van der Waals surface area contributed by atoms with E-state index < -0.39 is 12.0 Å². The number of hydrogen-bond donors (Lipinski definition) is 0. The van der Waals surface area contributed by atoms with Gasteiger partial charge in [-0.05, 0) is 66.6 Å². The molecule has 0 saturated carbocycles. The molecule has 1 aromatic heterocycles. The number of ether oxygens (including phenoxy) is 3. The maximum Gasteiger partial charge on any atom is 0.338 e. The Kier molecular flexibility index (Phi) is 8.56. The molecule has 0 fully saturated rings. The van der Waals surface area contributed by atoms with Gasteiger partial charge >= 0.3 is 5.97 Å². The van der Waals surface area contributed by atoms with Crippen LogP contribution in [0.3, 0.4) is 0 Å². The highest BCUT2D eigenvalue weighted by Crippen LogP contribution is 2.37. The van der Waals surface area contributed by atoms with Crippen molar-refractivity contribution in [2.45, 2.75) is 19.6 Å². The van der Waals surface area contributed by atoms with Crippen molar-refractivity contribution >= 4 is 58.2 Å². The van der Waals surface area contributed by atoms with E-state index in [-0.39, 0.29) is 11.1 Å². The summed E-state index contributed by atoms with van der Waals surface area (Å²) in [5.74, 6) is 0.485. The van der Waals surface area contributed by atoms with E-state index in [0.29, 0.717) is 53.8 Å². The number of benzene rings is 3. The van der Waals surface area contributed by atoms with Gasteiger partial charge in [-0.3, -0.25) is 9.36 Å². The molecule has 0 bridgehead atoms. The Balaban J connectivity index is 1.57. The van der Waals surface area contributed by atoms with Crippen LogP contribution in [-0.4, -0.2) is 24.8 Å². The second-order valence-electron chi connectivity index (χ2n) is 9.07. The van der Waals surface area contributed by atoms with Crippen LogP contribution in [-0.2, 0) is 16.1 Å². The molecule has 1 aliphatic heterocycles. The summed E-state index contributed by atoms with van der Waals surface area (Å²) in [5.41, 5.74) is 2.50. The fraction of sp³-hybridized carbons (Fsp3) is 0.167. The number of methoxy groups -OCH3 is 2. The summed E-state index contributed by atoms with van der Waals surface area (Å²) >= 11 is 19.7. The molecule has 0 saturated heterocycles. The largest absolute Gasteiger partial charge is 0.496 e. The number of allylic oxidation sites excluding steroid dienone is 1. The van der Waals surface area contributed by atoms with Crippen LogP contribution in [0, 0.1) is 0 Å². The topological polar surface area (TPSA) is 79.1 Å². The molecular formula is C30H23Cl3N2O5S. The molecule has 5 rings (SSSR count). The summed E-state index contributed by atoms with van der Waals surface area (Å²) in [6.07, 6.45) is 1.76. The maximum absolute atomic E-state index is 13.9. The molecule has 0 unspecified atom stereocenters. The third-order valence-electron chi connectivity index (χ3n) is 6.46. The summed E-state index contributed by atoms with van der Waals surface area (Å²) in [6.45, 7) is 2.00. The zero-order valence-corrected chi connectivity index (χ0v) is 25.2. The number of aromatic nitrogens is 1. The summed E-state index contributed by atoms with van der Waals surface area (Å²) in [7, 11) is 2.80. The molecule has 0 N–H and O–H groups in total. The maximum atomic E-state index is 13.9. The first kappa shape index (κ1) is 29.0. The number of fused-ring (bicyclic) bond motifs is 1. The molecule has 7 nitrogen and oxygen atoms in total. The van der Waals surface area contributed by atoms with Crippen LogP contribution in [0.2, 0.25) is 15.1 Å². The fourth-order valence-corrected chi connectivity index (χ4v) is 6.10. The van der Waals surface area contributed by atoms with Gasteiger partial charge in [-0.25, -0.2) is 9.79 Å². The molecule has 0 spiro atoms. The van der Waals surface area contributed by atoms with Crippen molar-refractivity contribution in [3.63, 3.8) is 0 Å². The molecule has 0 aliphatic carbocycles. The van der Waals surface area contributed by atoms with Gasteiger partial charge in [0.15, 0.2) is 4.80 Å². The number of carbonyl (C=O) groups is 1. The Labute approximate surface area is 254 Å². The van der Waals surface area contributed by atoms with E-state index in [0.717, 1.165) is 11.1 Å². The zero-order valence-electron chi connectivity index (χ0n) is 22.1. The molecule has 0 amide bonds. The highest BCUT2D eigenvalue weighted by molar-refractivity contribution is 7.07. The van der Waals surface area contributed by atoms with Crippen molar-refractivity contribution < 1.29 is 19.0 Å². The van der Waals surface area contributed by atoms with Crippen molar-refractivity contribution in [3.8, 4) is 11.5 Å². The first-order valence-corrected chi connectivity index (χ1v) is 14.3. The smallest absolute Gasteiger partial charge is 0.338 e. The van der Waals surface area contributed by atoms with Crippen LogP contribution in [0.15, 0.2) is 81.7 Å². The molecule has 3 aromatic carbocycles. The minimum Gasteiger partial charge on any atom is -0.496 e. The first-order valence-electron chi connectivity index (χ1n) is 12.3. The van der Waals surface area contributed by atoms with Gasteiger partial charge in [0.05, 0.1) is 40.1 Å².